The highest BCUT2D eigenvalue weighted by molar-refractivity contribution is 6.13. The van der Waals surface area contributed by atoms with Crippen LogP contribution in [0.2, 0.25) is 0 Å². The number of para-hydroxylation sites is 1. The van der Waals surface area contributed by atoms with Gasteiger partial charge in [0.2, 0.25) is 0 Å². The Balaban J connectivity index is 1.05. The molecule has 1 aliphatic heterocycles. The molecule has 3 fully saturated rings. The zero-order valence-corrected chi connectivity index (χ0v) is 32.0. The Morgan fingerprint density at radius 1 is 0.509 bits per heavy atom. The molecule has 5 aliphatic rings. The smallest absolute Gasteiger partial charge is 0.164 e. The number of hydrogen-bond acceptors (Lipinski definition) is 4. The van der Waals surface area contributed by atoms with Crippen LogP contribution < -0.4 is 4.74 Å². The topological polar surface area (TPSA) is 47.9 Å². The molecular formula is C53H41N3O. The fraction of sp³-hybridized carbons (Fsp3) is 0.226. The molecule has 0 saturated heterocycles. The molecule has 4 heteroatoms. The molecule has 274 valence electrons. The summed E-state index contributed by atoms with van der Waals surface area (Å²) in [6.45, 7) is 2.46. The first-order valence-corrected chi connectivity index (χ1v) is 20.9. The number of fused-ring (bicyclic) bond motifs is 13. The first-order chi connectivity index (χ1) is 28.1. The van der Waals surface area contributed by atoms with Crippen LogP contribution in [-0.2, 0) is 10.8 Å². The predicted octanol–water partition coefficient (Wildman–Crippen LogP) is 12.7. The van der Waals surface area contributed by atoms with E-state index in [9.17, 15) is 0 Å². The van der Waals surface area contributed by atoms with Crippen molar-refractivity contribution in [1.29, 1.82) is 0 Å². The fourth-order valence-corrected chi connectivity index (χ4v) is 12.6. The molecule has 0 N–H and O–H groups in total. The van der Waals surface area contributed by atoms with E-state index < -0.39 is 5.41 Å². The van der Waals surface area contributed by atoms with Gasteiger partial charge in [-0.1, -0.05) is 134 Å². The summed E-state index contributed by atoms with van der Waals surface area (Å²) < 4.78 is 6.95. The molecule has 2 bridgehead atoms. The minimum Gasteiger partial charge on any atom is -0.457 e. The Hall–Kier alpha value is -6.13. The SMILES string of the molecule is C[C@H]1CC2CC3CC(c4nc(-c5ccc6c(c5)Oc5ccccc5C65c6ccccc6-c6ccccc65)nc(-c5cc6ccccc6c6ccccc56)n4)(CC23)C1. The quantitative estimate of drug-likeness (QED) is 0.170. The first kappa shape index (κ1) is 32.0. The second kappa shape index (κ2) is 11.5. The highest BCUT2D eigenvalue weighted by atomic mass is 16.5. The van der Waals surface area contributed by atoms with Gasteiger partial charge in [-0.25, -0.2) is 15.0 Å². The van der Waals surface area contributed by atoms with Gasteiger partial charge in [0.05, 0.1) is 5.41 Å². The molecule has 5 atom stereocenters. The molecule has 1 aromatic heterocycles. The average molecular weight is 736 g/mol. The van der Waals surface area contributed by atoms with Gasteiger partial charge < -0.3 is 4.74 Å². The zero-order chi connectivity index (χ0) is 37.5. The van der Waals surface area contributed by atoms with Crippen LogP contribution in [0.25, 0.3) is 55.4 Å². The molecule has 4 aliphatic carbocycles. The summed E-state index contributed by atoms with van der Waals surface area (Å²) >= 11 is 0. The van der Waals surface area contributed by atoms with E-state index in [4.69, 9.17) is 19.7 Å². The van der Waals surface area contributed by atoms with Gasteiger partial charge in [-0.2, -0.15) is 0 Å². The standard InChI is InChI=1S/C53H41N3O/c1-31-24-34-25-35-29-52(28-31,30-42(34)35)51-55-49(54-50(56-51)41-26-32-12-2-3-13-36(32)37-14-4-5-15-38(37)41)33-22-23-46-48(27-33)57-47-21-11-10-20-45(47)53(46)43-18-8-6-16-39(43)40-17-7-9-19-44(40)53/h2-23,26-27,31,34-35,42H,24-25,28-30H2,1H3/t31-,34?,35?,42?,52?/m0/s1. The summed E-state index contributed by atoms with van der Waals surface area (Å²) in [5.74, 6) is 7.30. The lowest BCUT2D eigenvalue weighted by molar-refractivity contribution is 0.0777. The van der Waals surface area contributed by atoms with Gasteiger partial charge in [-0.15, -0.1) is 0 Å². The lowest BCUT2D eigenvalue weighted by Gasteiger charge is -2.42. The van der Waals surface area contributed by atoms with Crippen molar-refractivity contribution in [3.05, 3.63) is 174 Å². The van der Waals surface area contributed by atoms with Crippen LogP contribution in [0.15, 0.2) is 146 Å². The van der Waals surface area contributed by atoms with Crippen molar-refractivity contribution in [2.24, 2.45) is 23.7 Å². The van der Waals surface area contributed by atoms with E-state index in [-0.39, 0.29) is 5.41 Å². The van der Waals surface area contributed by atoms with Gasteiger partial charge in [-0.05, 0) is 118 Å². The van der Waals surface area contributed by atoms with Gasteiger partial charge in [0.25, 0.3) is 0 Å². The summed E-state index contributed by atoms with van der Waals surface area (Å²) in [5, 5.41) is 4.84. The molecule has 57 heavy (non-hydrogen) atoms. The zero-order valence-electron chi connectivity index (χ0n) is 32.0. The number of benzene rings is 7. The fourth-order valence-electron chi connectivity index (χ4n) is 12.6. The Morgan fingerprint density at radius 2 is 1.18 bits per heavy atom. The van der Waals surface area contributed by atoms with E-state index in [1.165, 1.54) is 75.0 Å². The summed E-state index contributed by atoms with van der Waals surface area (Å²) in [5.41, 5.74) is 8.92. The molecule has 1 spiro atoms. The number of aromatic nitrogens is 3. The monoisotopic (exact) mass is 735 g/mol. The third-order valence-corrected chi connectivity index (χ3v) is 14.8. The van der Waals surface area contributed by atoms with Crippen LogP contribution in [0.3, 0.4) is 0 Å². The normalized spacial score (nSPS) is 24.2. The van der Waals surface area contributed by atoms with Gasteiger partial charge >= 0.3 is 0 Å². The van der Waals surface area contributed by atoms with E-state index >= 15 is 0 Å². The van der Waals surface area contributed by atoms with Gasteiger partial charge in [0.1, 0.15) is 17.3 Å². The van der Waals surface area contributed by atoms with E-state index in [0.29, 0.717) is 5.92 Å². The lowest BCUT2D eigenvalue weighted by Crippen LogP contribution is -2.34. The van der Waals surface area contributed by atoms with Crippen LogP contribution in [-0.4, -0.2) is 15.0 Å². The van der Waals surface area contributed by atoms with Crippen LogP contribution in [0.5, 0.6) is 11.5 Å². The molecule has 3 saturated carbocycles. The van der Waals surface area contributed by atoms with Crippen molar-refractivity contribution in [3.63, 3.8) is 0 Å². The van der Waals surface area contributed by atoms with Crippen molar-refractivity contribution >= 4 is 21.5 Å². The van der Waals surface area contributed by atoms with E-state index in [0.717, 1.165) is 69.8 Å². The van der Waals surface area contributed by atoms with E-state index in [1.807, 2.05) is 0 Å². The average Bonchev–Trinajstić information content (AvgIpc) is 3.67. The highest BCUT2D eigenvalue weighted by Gasteiger charge is 2.58. The molecule has 2 heterocycles. The predicted molar refractivity (Wildman–Crippen MR) is 227 cm³/mol. The molecule has 0 amide bonds. The van der Waals surface area contributed by atoms with Crippen molar-refractivity contribution < 1.29 is 4.74 Å². The number of rotatable bonds is 3. The van der Waals surface area contributed by atoms with Crippen LogP contribution in [0.4, 0.5) is 0 Å². The Bertz CT molecular complexity index is 2950. The van der Waals surface area contributed by atoms with Gasteiger partial charge in [0, 0.05) is 27.7 Å². The van der Waals surface area contributed by atoms with Crippen LogP contribution in [0.1, 0.15) is 67.1 Å². The molecule has 7 aromatic carbocycles. The van der Waals surface area contributed by atoms with Gasteiger partial charge in [-0.3, -0.25) is 0 Å². The summed E-state index contributed by atoms with van der Waals surface area (Å²) in [4.78, 5) is 16.6. The van der Waals surface area contributed by atoms with Crippen molar-refractivity contribution in [2.45, 2.75) is 49.9 Å². The van der Waals surface area contributed by atoms with E-state index in [2.05, 4.69) is 153 Å². The second-order valence-electron chi connectivity index (χ2n) is 17.8. The van der Waals surface area contributed by atoms with Crippen LogP contribution >= 0.6 is 0 Å². The van der Waals surface area contributed by atoms with E-state index in [1.54, 1.807) is 0 Å². The third-order valence-electron chi connectivity index (χ3n) is 14.8. The number of ether oxygens (including phenoxy) is 1. The maximum absolute atomic E-state index is 6.95. The Labute approximate surface area is 332 Å². The molecule has 13 rings (SSSR count). The summed E-state index contributed by atoms with van der Waals surface area (Å²) in [6.07, 6.45) is 6.23. The third kappa shape index (κ3) is 4.31. The molecule has 4 unspecified atom stereocenters. The number of nitrogens with zero attached hydrogens (tertiary/aromatic N) is 3. The Morgan fingerprint density at radius 3 is 2.00 bits per heavy atom. The first-order valence-electron chi connectivity index (χ1n) is 20.9. The van der Waals surface area contributed by atoms with Crippen molar-refractivity contribution in [2.75, 3.05) is 0 Å². The molecule has 8 aromatic rings. The minimum absolute atomic E-state index is 0.0376. The maximum Gasteiger partial charge on any atom is 0.164 e. The van der Waals surface area contributed by atoms with Crippen molar-refractivity contribution in [3.8, 4) is 45.4 Å². The second-order valence-corrected chi connectivity index (χ2v) is 17.8. The Kier molecular flexibility index (Phi) is 6.44. The number of hydrogen-bond donors (Lipinski definition) is 0. The highest BCUT2D eigenvalue weighted by Crippen LogP contribution is 2.65. The lowest BCUT2D eigenvalue weighted by atomic mass is 9.63. The van der Waals surface area contributed by atoms with Crippen molar-refractivity contribution in [1.82, 2.24) is 15.0 Å². The molecular weight excluding hydrogens is 695 g/mol. The van der Waals surface area contributed by atoms with Crippen LogP contribution in [0, 0.1) is 23.7 Å². The molecule has 0 radical (unpaired) electrons. The minimum atomic E-state index is -0.509. The maximum atomic E-state index is 6.95. The largest absolute Gasteiger partial charge is 0.457 e. The summed E-state index contributed by atoms with van der Waals surface area (Å²) in [6, 6.07) is 52.9. The van der Waals surface area contributed by atoms with Gasteiger partial charge in [0.15, 0.2) is 11.6 Å². The summed E-state index contributed by atoms with van der Waals surface area (Å²) in [7, 11) is 0. The molecule has 4 nitrogen and oxygen atoms in total.